The zero-order valence-electron chi connectivity index (χ0n) is 15.9. The summed E-state index contributed by atoms with van der Waals surface area (Å²) >= 11 is 0. The zero-order chi connectivity index (χ0) is 19.5. The topological polar surface area (TPSA) is 68.5 Å². The summed E-state index contributed by atoms with van der Waals surface area (Å²) < 4.78 is 11.4. The minimum atomic E-state index is -0.132. The Morgan fingerprint density at radius 3 is 2.64 bits per heavy atom. The highest BCUT2D eigenvalue weighted by Gasteiger charge is 2.21. The van der Waals surface area contributed by atoms with Crippen LogP contribution in [-0.2, 0) is 4.79 Å². The molecule has 1 aromatic heterocycles. The van der Waals surface area contributed by atoms with Crippen molar-refractivity contribution in [2.75, 3.05) is 12.4 Å². The van der Waals surface area contributed by atoms with Crippen LogP contribution in [0.5, 0.6) is 5.75 Å². The lowest BCUT2D eigenvalue weighted by atomic mass is 9.88. The van der Waals surface area contributed by atoms with Gasteiger partial charge in [-0.25, -0.2) is 0 Å². The molecule has 1 fully saturated rings. The molecular formula is C23H23NO4. The van der Waals surface area contributed by atoms with Crippen molar-refractivity contribution in [2.24, 2.45) is 5.92 Å². The standard InChI is InChI=1S/C23H23NO4/c1-27-20-10-6-5-9-18(20)22-14-19(25)17-12-11-16(13-21(17)28-22)24-23(26)15-7-3-2-4-8-15/h5-6,9-15H,2-4,7-8H2,1H3,(H,24,26). The van der Waals surface area contributed by atoms with E-state index >= 15 is 0 Å². The van der Waals surface area contributed by atoms with Gasteiger partial charge in [0.25, 0.3) is 0 Å². The Balaban J connectivity index is 1.68. The minimum absolute atomic E-state index is 0.0438. The normalized spacial score (nSPS) is 14.8. The van der Waals surface area contributed by atoms with Crippen molar-refractivity contribution >= 4 is 22.6 Å². The van der Waals surface area contributed by atoms with Crippen LogP contribution in [0.15, 0.2) is 57.7 Å². The summed E-state index contributed by atoms with van der Waals surface area (Å²) in [7, 11) is 1.58. The Morgan fingerprint density at radius 1 is 1.07 bits per heavy atom. The third kappa shape index (κ3) is 3.65. The molecule has 3 aromatic rings. The number of carbonyl (C=O) groups is 1. The molecule has 28 heavy (non-hydrogen) atoms. The summed E-state index contributed by atoms with van der Waals surface area (Å²) in [6, 6.07) is 14.0. The van der Waals surface area contributed by atoms with Gasteiger partial charge in [0.05, 0.1) is 18.1 Å². The summed E-state index contributed by atoms with van der Waals surface area (Å²) in [5.74, 6) is 1.18. The number of amides is 1. The number of para-hydroxylation sites is 1. The van der Waals surface area contributed by atoms with E-state index in [1.54, 1.807) is 25.3 Å². The molecule has 5 nitrogen and oxygen atoms in total. The molecule has 1 N–H and O–H groups in total. The number of hydrogen-bond acceptors (Lipinski definition) is 4. The molecule has 0 spiro atoms. The molecule has 0 bridgehead atoms. The third-order valence-corrected chi connectivity index (χ3v) is 5.35. The Kier molecular flexibility index (Phi) is 5.15. The maximum absolute atomic E-state index is 12.6. The predicted octanol–water partition coefficient (Wildman–Crippen LogP) is 4.99. The molecule has 2 aromatic carbocycles. The summed E-state index contributed by atoms with van der Waals surface area (Å²) in [6.07, 6.45) is 5.29. The number of methoxy groups -OCH3 is 1. The summed E-state index contributed by atoms with van der Waals surface area (Å²) in [5, 5.41) is 3.46. The van der Waals surface area contributed by atoms with Gasteiger partial charge in [0.15, 0.2) is 5.43 Å². The van der Waals surface area contributed by atoms with Crippen LogP contribution in [0.1, 0.15) is 32.1 Å². The summed E-state index contributed by atoms with van der Waals surface area (Å²) in [6.45, 7) is 0. The average molecular weight is 377 g/mol. The molecule has 4 rings (SSSR count). The van der Waals surface area contributed by atoms with E-state index in [1.165, 1.54) is 12.5 Å². The van der Waals surface area contributed by atoms with Gasteiger partial charge in [-0.05, 0) is 37.1 Å². The van der Waals surface area contributed by atoms with Gasteiger partial charge >= 0.3 is 0 Å². The molecule has 1 amide bonds. The van der Waals surface area contributed by atoms with Crippen molar-refractivity contribution in [3.8, 4) is 17.1 Å². The number of benzene rings is 2. The van der Waals surface area contributed by atoms with Gasteiger partial charge < -0.3 is 14.5 Å². The molecule has 0 aliphatic heterocycles. The van der Waals surface area contributed by atoms with E-state index in [9.17, 15) is 9.59 Å². The smallest absolute Gasteiger partial charge is 0.227 e. The first-order chi connectivity index (χ1) is 13.7. The number of nitrogens with one attached hydrogen (secondary N) is 1. The SMILES string of the molecule is COc1ccccc1-c1cc(=O)c2ccc(NC(=O)C3CCCCC3)cc2o1. The number of fused-ring (bicyclic) bond motifs is 1. The van der Waals surface area contributed by atoms with Gasteiger partial charge in [-0.15, -0.1) is 0 Å². The Labute approximate surface area is 163 Å². The van der Waals surface area contributed by atoms with E-state index < -0.39 is 0 Å². The van der Waals surface area contributed by atoms with Crippen LogP contribution in [0.2, 0.25) is 0 Å². The van der Waals surface area contributed by atoms with E-state index in [0.717, 1.165) is 25.7 Å². The lowest BCUT2D eigenvalue weighted by Crippen LogP contribution is -2.24. The Morgan fingerprint density at radius 2 is 1.86 bits per heavy atom. The van der Waals surface area contributed by atoms with E-state index in [-0.39, 0.29) is 17.3 Å². The van der Waals surface area contributed by atoms with Gasteiger partial charge in [0, 0.05) is 23.7 Å². The van der Waals surface area contributed by atoms with Crippen LogP contribution in [0, 0.1) is 5.92 Å². The van der Waals surface area contributed by atoms with Crippen LogP contribution in [0.4, 0.5) is 5.69 Å². The number of hydrogen-bond donors (Lipinski definition) is 1. The van der Waals surface area contributed by atoms with Gasteiger partial charge in [0.2, 0.25) is 5.91 Å². The fraction of sp³-hybridized carbons (Fsp3) is 0.304. The Hall–Kier alpha value is -3.08. The van der Waals surface area contributed by atoms with Gasteiger partial charge in [0.1, 0.15) is 17.1 Å². The number of carbonyl (C=O) groups excluding carboxylic acids is 1. The van der Waals surface area contributed by atoms with Crippen molar-refractivity contribution in [2.45, 2.75) is 32.1 Å². The molecule has 144 valence electrons. The monoisotopic (exact) mass is 377 g/mol. The van der Waals surface area contributed by atoms with E-state index in [2.05, 4.69) is 5.32 Å². The van der Waals surface area contributed by atoms with E-state index in [4.69, 9.17) is 9.15 Å². The minimum Gasteiger partial charge on any atom is -0.496 e. The van der Waals surface area contributed by atoms with Crippen molar-refractivity contribution in [3.05, 3.63) is 58.8 Å². The summed E-state index contributed by atoms with van der Waals surface area (Å²) in [5.41, 5.74) is 1.66. The zero-order valence-corrected chi connectivity index (χ0v) is 15.9. The van der Waals surface area contributed by atoms with E-state index in [1.807, 2.05) is 24.3 Å². The van der Waals surface area contributed by atoms with Gasteiger partial charge in [-0.2, -0.15) is 0 Å². The van der Waals surface area contributed by atoms with Crippen LogP contribution in [-0.4, -0.2) is 13.0 Å². The first-order valence-electron chi connectivity index (χ1n) is 9.68. The first-order valence-corrected chi connectivity index (χ1v) is 9.68. The molecule has 5 heteroatoms. The predicted molar refractivity (Wildman–Crippen MR) is 110 cm³/mol. The second-order valence-corrected chi connectivity index (χ2v) is 7.21. The molecule has 1 heterocycles. The molecule has 0 radical (unpaired) electrons. The number of ether oxygens (including phenoxy) is 1. The largest absolute Gasteiger partial charge is 0.496 e. The number of anilines is 1. The fourth-order valence-corrected chi connectivity index (χ4v) is 3.82. The molecule has 0 saturated heterocycles. The second kappa shape index (κ2) is 7.89. The third-order valence-electron chi connectivity index (χ3n) is 5.35. The lowest BCUT2D eigenvalue weighted by molar-refractivity contribution is -0.120. The van der Waals surface area contributed by atoms with Crippen molar-refractivity contribution in [3.63, 3.8) is 0 Å². The van der Waals surface area contributed by atoms with Crippen LogP contribution in [0.25, 0.3) is 22.3 Å². The first kappa shape index (κ1) is 18.3. The van der Waals surface area contributed by atoms with Crippen molar-refractivity contribution in [1.29, 1.82) is 0 Å². The van der Waals surface area contributed by atoms with Crippen LogP contribution in [0.3, 0.4) is 0 Å². The van der Waals surface area contributed by atoms with Crippen LogP contribution >= 0.6 is 0 Å². The highest BCUT2D eigenvalue weighted by atomic mass is 16.5. The molecule has 1 aliphatic carbocycles. The highest BCUT2D eigenvalue weighted by Crippen LogP contribution is 2.31. The fourth-order valence-electron chi connectivity index (χ4n) is 3.82. The molecule has 1 saturated carbocycles. The molecule has 0 unspecified atom stereocenters. The van der Waals surface area contributed by atoms with Crippen molar-refractivity contribution < 1.29 is 13.9 Å². The Bertz CT molecular complexity index is 1060. The highest BCUT2D eigenvalue weighted by molar-refractivity contribution is 5.94. The molecular weight excluding hydrogens is 354 g/mol. The maximum atomic E-state index is 12.6. The quantitative estimate of drug-likeness (QED) is 0.696. The van der Waals surface area contributed by atoms with Gasteiger partial charge in [-0.1, -0.05) is 31.4 Å². The van der Waals surface area contributed by atoms with Crippen molar-refractivity contribution in [1.82, 2.24) is 0 Å². The molecule has 1 aliphatic rings. The second-order valence-electron chi connectivity index (χ2n) is 7.21. The molecule has 0 atom stereocenters. The maximum Gasteiger partial charge on any atom is 0.227 e. The lowest BCUT2D eigenvalue weighted by Gasteiger charge is -2.20. The van der Waals surface area contributed by atoms with E-state index in [0.29, 0.717) is 33.7 Å². The average Bonchev–Trinajstić information content (AvgIpc) is 2.74. The number of rotatable bonds is 4. The summed E-state index contributed by atoms with van der Waals surface area (Å²) in [4.78, 5) is 25.1. The van der Waals surface area contributed by atoms with Crippen LogP contribution < -0.4 is 15.5 Å². The van der Waals surface area contributed by atoms with Gasteiger partial charge in [-0.3, -0.25) is 9.59 Å².